The van der Waals surface area contributed by atoms with Crippen molar-refractivity contribution >= 4 is 21.5 Å². The van der Waals surface area contributed by atoms with Crippen LogP contribution in [0.2, 0.25) is 0 Å². The fourth-order valence-electron chi connectivity index (χ4n) is 4.25. The fourth-order valence-corrected chi connectivity index (χ4v) is 6.15. The highest BCUT2D eigenvalue weighted by molar-refractivity contribution is 7.96. The highest BCUT2D eigenvalue weighted by Gasteiger charge is 2.47. The van der Waals surface area contributed by atoms with Gasteiger partial charge in [-0.3, -0.25) is 4.31 Å². The lowest BCUT2D eigenvalue weighted by molar-refractivity contribution is 0.357. The number of benzene rings is 3. The van der Waals surface area contributed by atoms with Crippen molar-refractivity contribution in [3.05, 3.63) is 117 Å². The summed E-state index contributed by atoms with van der Waals surface area (Å²) in [6.07, 6.45) is 0. The zero-order valence-electron chi connectivity index (χ0n) is 17.6. The van der Waals surface area contributed by atoms with E-state index < -0.39 is 27.6 Å². The van der Waals surface area contributed by atoms with E-state index in [1.54, 1.807) is 30.3 Å². The van der Waals surface area contributed by atoms with Crippen LogP contribution in [-0.2, 0) is 21.3 Å². The predicted molar refractivity (Wildman–Crippen MR) is 122 cm³/mol. The number of anilines is 1. The molecule has 0 aromatic heterocycles. The molecule has 0 spiro atoms. The van der Waals surface area contributed by atoms with Gasteiger partial charge < -0.3 is 10.5 Å². The molecule has 2 heterocycles. The van der Waals surface area contributed by atoms with Crippen molar-refractivity contribution in [2.24, 2.45) is 5.73 Å². The minimum atomic E-state index is -4.34. The average molecular weight is 477 g/mol. The Kier molecular flexibility index (Phi) is 5.10. The Morgan fingerprint density at radius 3 is 2.38 bits per heavy atom. The molecule has 0 saturated carbocycles. The lowest BCUT2D eigenvalue weighted by atomic mass is 9.88. The van der Waals surface area contributed by atoms with Crippen LogP contribution in [0.15, 0.2) is 89.2 Å². The lowest BCUT2D eigenvalue weighted by Crippen LogP contribution is -2.39. The van der Waals surface area contributed by atoms with E-state index in [-0.39, 0.29) is 39.9 Å². The number of sulfonamides is 1. The molecule has 3 aromatic carbocycles. The summed E-state index contributed by atoms with van der Waals surface area (Å²) >= 11 is 0. The van der Waals surface area contributed by atoms with E-state index in [9.17, 15) is 22.5 Å². The number of allylic oxidation sites excluding steroid dienone is 2. The summed E-state index contributed by atoms with van der Waals surface area (Å²) in [7, 11) is -4.34. The number of fused-ring (bicyclic) bond motifs is 2. The van der Waals surface area contributed by atoms with Crippen molar-refractivity contribution in [2.45, 2.75) is 12.5 Å². The van der Waals surface area contributed by atoms with Crippen LogP contribution in [0, 0.1) is 23.0 Å². The summed E-state index contributed by atoms with van der Waals surface area (Å²) in [5, 5.41) is 9.82. The van der Waals surface area contributed by atoms with E-state index in [2.05, 4.69) is 0 Å². The third-order valence-electron chi connectivity index (χ3n) is 5.83. The first kappa shape index (κ1) is 21.7. The van der Waals surface area contributed by atoms with E-state index in [4.69, 9.17) is 10.5 Å². The van der Waals surface area contributed by atoms with Crippen LogP contribution in [0.3, 0.4) is 0 Å². The molecule has 2 N–H and O–H groups in total. The number of hydrogen-bond acceptors (Lipinski definition) is 5. The minimum Gasteiger partial charge on any atom is -0.439 e. The molecule has 0 aliphatic carbocycles. The predicted octanol–water partition coefficient (Wildman–Crippen LogP) is 4.49. The van der Waals surface area contributed by atoms with Crippen LogP contribution in [-0.4, -0.2) is 8.42 Å². The van der Waals surface area contributed by atoms with Crippen LogP contribution in [0.1, 0.15) is 22.6 Å². The largest absolute Gasteiger partial charge is 0.439 e. The maximum absolute atomic E-state index is 14.5. The number of para-hydroxylation sites is 1. The quantitative estimate of drug-likeness (QED) is 0.600. The van der Waals surface area contributed by atoms with Gasteiger partial charge >= 0.3 is 0 Å². The summed E-state index contributed by atoms with van der Waals surface area (Å²) in [5.74, 6) is -2.43. The van der Waals surface area contributed by atoms with Crippen LogP contribution in [0.5, 0.6) is 0 Å². The van der Waals surface area contributed by atoms with E-state index in [0.29, 0.717) is 11.1 Å². The molecular weight excluding hydrogens is 460 g/mol. The molecular formula is C25H17F2N3O3S. The Morgan fingerprint density at radius 2 is 1.68 bits per heavy atom. The van der Waals surface area contributed by atoms with E-state index in [1.165, 1.54) is 42.5 Å². The molecule has 34 heavy (non-hydrogen) atoms. The first-order valence-corrected chi connectivity index (χ1v) is 11.7. The Balaban J connectivity index is 1.77. The number of nitrogens with zero attached hydrogens (tertiary/aromatic N) is 2. The highest BCUT2D eigenvalue weighted by atomic mass is 32.2. The van der Waals surface area contributed by atoms with Gasteiger partial charge in [-0.15, -0.1) is 0 Å². The second-order valence-corrected chi connectivity index (χ2v) is 9.62. The third-order valence-corrected chi connectivity index (χ3v) is 7.72. The number of nitrogens with two attached hydrogens (primary N) is 1. The molecule has 0 radical (unpaired) electrons. The zero-order chi connectivity index (χ0) is 24.0. The molecule has 0 fully saturated rings. The smallest absolute Gasteiger partial charge is 0.265 e. The fraction of sp³-hybridized carbons (Fsp3) is 0.0800. The first-order chi connectivity index (χ1) is 16.3. The molecule has 2 aliphatic rings. The van der Waals surface area contributed by atoms with Crippen LogP contribution in [0.25, 0.3) is 5.76 Å². The van der Waals surface area contributed by atoms with E-state index >= 15 is 0 Å². The highest BCUT2D eigenvalue weighted by Crippen LogP contribution is 2.51. The third kappa shape index (κ3) is 3.31. The molecule has 1 atom stereocenters. The van der Waals surface area contributed by atoms with Gasteiger partial charge in [0.25, 0.3) is 10.0 Å². The van der Waals surface area contributed by atoms with Crippen molar-refractivity contribution < 1.29 is 21.9 Å². The minimum absolute atomic E-state index is 0.00814. The average Bonchev–Trinajstić information content (AvgIpc) is 2.82. The van der Waals surface area contributed by atoms with Crippen molar-refractivity contribution in [1.82, 2.24) is 0 Å². The normalized spacial score (nSPS) is 18.6. The van der Waals surface area contributed by atoms with Crippen molar-refractivity contribution in [3.63, 3.8) is 0 Å². The summed E-state index contributed by atoms with van der Waals surface area (Å²) in [6.45, 7) is -0.278. The van der Waals surface area contributed by atoms with E-state index in [0.717, 1.165) is 4.31 Å². The lowest BCUT2D eigenvalue weighted by Gasteiger charge is -2.38. The summed E-state index contributed by atoms with van der Waals surface area (Å²) in [4.78, 5) is -0.208. The van der Waals surface area contributed by atoms with Crippen LogP contribution in [0.4, 0.5) is 14.5 Å². The van der Waals surface area contributed by atoms with Crippen LogP contribution >= 0.6 is 0 Å². The first-order valence-electron chi connectivity index (χ1n) is 10.3. The van der Waals surface area contributed by atoms with Crippen molar-refractivity contribution in [2.75, 3.05) is 4.31 Å². The molecule has 0 saturated heterocycles. The van der Waals surface area contributed by atoms with Crippen molar-refractivity contribution in [1.29, 1.82) is 5.26 Å². The molecule has 170 valence electrons. The zero-order valence-corrected chi connectivity index (χ0v) is 18.4. The molecule has 6 nitrogen and oxygen atoms in total. The second-order valence-electron chi connectivity index (χ2n) is 7.79. The Morgan fingerprint density at radius 1 is 1.00 bits per heavy atom. The molecule has 3 aromatic rings. The maximum Gasteiger partial charge on any atom is 0.265 e. The SMILES string of the molecule is N#CC1=C(N)OC2=C(C1c1ccc(F)cc1)S(=O)(=O)N(Cc1ccccc1F)c1ccccc12. The van der Waals surface area contributed by atoms with E-state index in [1.807, 2.05) is 6.07 Å². The summed E-state index contributed by atoms with van der Waals surface area (Å²) in [5.41, 5.74) is 7.18. The Hall–Kier alpha value is -4.16. The van der Waals surface area contributed by atoms with Gasteiger partial charge in [0.15, 0.2) is 5.76 Å². The second kappa shape index (κ2) is 8.01. The van der Waals surface area contributed by atoms with Gasteiger partial charge in [0, 0.05) is 11.1 Å². The number of ether oxygens (including phenoxy) is 1. The molecule has 9 heteroatoms. The van der Waals surface area contributed by atoms with Gasteiger partial charge in [-0.25, -0.2) is 17.2 Å². The number of nitriles is 1. The summed E-state index contributed by atoms with van der Waals surface area (Å²) < 4.78 is 63.1. The molecule has 0 bridgehead atoms. The number of rotatable bonds is 3. The van der Waals surface area contributed by atoms with Crippen LogP contribution < -0.4 is 10.0 Å². The van der Waals surface area contributed by atoms with Gasteiger partial charge in [0.05, 0.1) is 18.2 Å². The van der Waals surface area contributed by atoms with Gasteiger partial charge in [-0.1, -0.05) is 42.5 Å². The number of hydrogen-bond donors (Lipinski definition) is 1. The summed E-state index contributed by atoms with van der Waals surface area (Å²) in [6, 6.07) is 19.6. The van der Waals surface area contributed by atoms with Gasteiger partial charge in [0.1, 0.15) is 28.2 Å². The van der Waals surface area contributed by atoms with Gasteiger partial charge in [-0.2, -0.15) is 5.26 Å². The Labute approximate surface area is 194 Å². The maximum atomic E-state index is 14.5. The Bertz CT molecular complexity index is 1520. The van der Waals surface area contributed by atoms with Gasteiger partial charge in [-0.05, 0) is 35.9 Å². The molecule has 5 rings (SSSR count). The standard InChI is InChI=1S/C25H17F2N3O3S/c26-17-11-9-15(10-12-17)22-19(13-28)25(29)33-23-18-6-2-4-8-21(18)30(34(31,32)24(22)23)14-16-5-1-3-7-20(16)27/h1-12,22H,14,29H2. The molecule has 0 amide bonds. The van der Waals surface area contributed by atoms with Gasteiger partial charge in [0.2, 0.25) is 5.88 Å². The number of halogens is 2. The monoisotopic (exact) mass is 477 g/mol. The van der Waals surface area contributed by atoms with Crippen molar-refractivity contribution in [3.8, 4) is 6.07 Å². The topological polar surface area (TPSA) is 96.4 Å². The molecule has 2 aliphatic heterocycles. The molecule has 1 unspecified atom stereocenters.